The molecule has 0 N–H and O–H groups in total. The predicted molar refractivity (Wildman–Crippen MR) is 77.9 cm³/mol. The van der Waals surface area contributed by atoms with Crippen molar-refractivity contribution in [1.29, 1.82) is 0 Å². The van der Waals surface area contributed by atoms with Crippen molar-refractivity contribution in [3.05, 3.63) is 35.4 Å². The van der Waals surface area contributed by atoms with Crippen LogP contribution in [0.25, 0.3) is 0 Å². The van der Waals surface area contributed by atoms with Crippen molar-refractivity contribution < 1.29 is 0 Å². The van der Waals surface area contributed by atoms with E-state index in [1.54, 1.807) is 0 Å². The molecule has 0 aromatic carbocycles. The SMILES string of the molecule is C=C(Cl)/C(=C\C=C/C)CC(C)CCC.CC. The van der Waals surface area contributed by atoms with Gasteiger partial charge in [-0.3, -0.25) is 0 Å². The minimum absolute atomic E-state index is 0.672. The average molecular weight is 243 g/mol. The monoisotopic (exact) mass is 242 g/mol. The van der Waals surface area contributed by atoms with Crippen LogP contribution in [0.15, 0.2) is 35.4 Å². The second-order valence-corrected chi connectivity index (χ2v) is 4.18. The number of rotatable bonds is 6. The molecule has 0 fully saturated rings. The molecule has 0 saturated heterocycles. The van der Waals surface area contributed by atoms with Gasteiger partial charge in [-0.05, 0) is 24.8 Å². The first-order valence-electron chi connectivity index (χ1n) is 6.28. The molecule has 0 aromatic heterocycles. The zero-order chi connectivity index (χ0) is 13.0. The fourth-order valence-electron chi connectivity index (χ4n) is 1.45. The van der Waals surface area contributed by atoms with E-state index >= 15 is 0 Å². The van der Waals surface area contributed by atoms with Gasteiger partial charge in [0.2, 0.25) is 0 Å². The lowest BCUT2D eigenvalue weighted by molar-refractivity contribution is 0.524. The van der Waals surface area contributed by atoms with E-state index in [1.807, 2.05) is 32.9 Å². The van der Waals surface area contributed by atoms with E-state index in [0.717, 1.165) is 12.0 Å². The Hall–Kier alpha value is -0.490. The van der Waals surface area contributed by atoms with Gasteiger partial charge in [0, 0.05) is 5.03 Å². The van der Waals surface area contributed by atoms with Gasteiger partial charge in [-0.25, -0.2) is 0 Å². The second kappa shape index (κ2) is 12.6. The molecular weight excluding hydrogens is 216 g/mol. The molecule has 16 heavy (non-hydrogen) atoms. The van der Waals surface area contributed by atoms with Crippen LogP contribution in [-0.2, 0) is 0 Å². The topological polar surface area (TPSA) is 0 Å². The highest BCUT2D eigenvalue weighted by atomic mass is 35.5. The molecule has 1 unspecified atom stereocenters. The van der Waals surface area contributed by atoms with Gasteiger partial charge in [0.15, 0.2) is 0 Å². The highest BCUT2D eigenvalue weighted by molar-refractivity contribution is 6.31. The number of allylic oxidation sites excluding steroid dienone is 5. The van der Waals surface area contributed by atoms with Gasteiger partial charge in [-0.1, -0.05) is 76.9 Å². The summed E-state index contributed by atoms with van der Waals surface area (Å²) < 4.78 is 0. The highest BCUT2D eigenvalue weighted by Crippen LogP contribution is 2.23. The first kappa shape index (κ1) is 17.9. The van der Waals surface area contributed by atoms with Gasteiger partial charge in [0.05, 0.1) is 0 Å². The van der Waals surface area contributed by atoms with E-state index in [2.05, 4.69) is 26.5 Å². The molecule has 0 spiro atoms. The van der Waals surface area contributed by atoms with Crippen molar-refractivity contribution in [2.45, 2.75) is 53.9 Å². The van der Waals surface area contributed by atoms with Crippen LogP contribution in [-0.4, -0.2) is 0 Å². The minimum atomic E-state index is 0.672. The normalized spacial score (nSPS) is 13.2. The summed E-state index contributed by atoms with van der Waals surface area (Å²) in [4.78, 5) is 0. The lowest BCUT2D eigenvalue weighted by atomic mass is 9.96. The molecular formula is C15H27Cl. The number of halogens is 1. The first-order chi connectivity index (χ1) is 7.61. The van der Waals surface area contributed by atoms with Crippen LogP contribution >= 0.6 is 11.6 Å². The van der Waals surface area contributed by atoms with Gasteiger partial charge in [-0.2, -0.15) is 0 Å². The van der Waals surface area contributed by atoms with Gasteiger partial charge >= 0.3 is 0 Å². The first-order valence-corrected chi connectivity index (χ1v) is 6.66. The molecule has 0 nitrogen and oxygen atoms in total. The van der Waals surface area contributed by atoms with Crippen LogP contribution in [0.5, 0.6) is 0 Å². The standard InChI is InChI=1S/C13H21Cl.C2H6/c1-5-7-9-13(12(4)14)10-11(3)8-6-2;1-2/h5,7,9,11H,4,6,8,10H2,1-3H3;1-2H3/b7-5-,13-9-;. The van der Waals surface area contributed by atoms with Crippen LogP contribution in [0, 0.1) is 5.92 Å². The maximum absolute atomic E-state index is 5.93. The third-order valence-electron chi connectivity index (χ3n) is 2.19. The van der Waals surface area contributed by atoms with Crippen molar-refractivity contribution >= 4 is 11.6 Å². The van der Waals surface area contributed by atoms with Crippen LogP contribution in [0.1, 0.15) is 53.9 Å². The molecule has 1 heteroatoms. The van der Waals surface area contributed by atoms with Crippen LogP contribution in [0.3, 0.4) is 0 Å². The Bertz CT molecular complexity index is 224. The maximum Gasteiger partial charge on any atom is 0.0366 e. The van der Waals surface area contributed by atoms with Crippen molar-refractivity contribution in [1.82, 2.24) is 0 Å². The quantitative estimate of drug-likeness (QED) is 0.494. The minimum Gasteiger partial charge on any atom is -0.0877 e. The van der Waals surface area contributed by atoms with Crippen molar-refractivity contribution in [2.24, 2.45) is 5.92 Å². The summed E-state index contributed by atoms with van der Waals surface area (Å²) in [7, 11) is 0. The largest absolute Gasteiger partial charge is 0.0877 e. The smallest absolute Gasteiger partial charge is 0.0366 e. The zero-order valence-electron chi connectivity index (χ0n) is 11.5. The fourth-order valence-corrected chi connectivity index (χ4v) is 1.59. The van der Waals surface area contributed by atoms with Crippen molar-refractivity contribution in [3.63, 3.8) is 0 Å². The van der Waals surface area contributed by atoms with E-state index < -0.39 is 0 Å². The molecule has 1 atom stereocenters. The Morgan fingerprint density at radius 1 is 1.38 bits per heavy atom. The second-order valence-electron chi connectivity index (χ2n) is 3.72. The molecule has 0 bridgehead atoms. The third-order valence-corrected chi connectivity index (χ3v) is 2.43. The summed E-state index contributed by atoms with van der Waals surface area (Å²) in [5, 5.41) is 0.672. The third kappa shape index (κ3) is 10.0. The molecule has 0 aliphatic carbocycles. The van der Waals surface area contributed by atoms with E-state index in [1.165, 1.54) is 12.8 Å². The van der Waals surface area contributed by atoms with Crippen LogP contribution in [0.4, 0.5) is 0 Å². The summed E-state index contributed by atoms with van der Waals surface area (Å²) in [6.45, 7) is 14.3. The molecule has 0 saturated carbocycles. The fraction of sp³-hybridized carbons (Fsp3) is 0.600. The lowest BCUT2D eigenvalue weighted by Crippen LogP contribution is -1.96. The average Bonchev–Trinajstić information content (AvgIpc) is 2.27. The van der Waals surface area contributed by atoms with E-state index in [4.69, 9.17) is 11.6 Å². The molecule has 0 heterocycles. The van der Waals surface area contributed by atoms with E-state index in [0.29, 0.717) is 11.0 Å². The summed E-state index contributed by atoms with van der Waals surface area (Å²) >= 11 is 5.93. The molecule has 0 aliphatic rings. The molecule has 0 amide bonds. The van der Waals surface area contributed by atoms with Gasteiger partial charge < -0.3 is 0 Å². The Balaban J connectivity index is 0. The predicted octanol–water partition coefficient (Wildman–Crippen LogP) is 6.09. The molecule has 94 valence electrons. The summed E-state index contributed by atoms with van der Waals surface area (Å²) in [6, 6.07) is 0. The van der Waals surface area contributed by atoms with Gasteiger partial charge in [-0.15, -0.1) is 0 Å². The molecule has 0 rings (SSSR count). The van der Waals surface area contributed by atoms with Crippen molar-refractivity contribution in [2.75, 3.05) is 0 Å². The molecule has 0 aliphatic heterocycles. The van der Waals surface area contributed by atoms with Gasteiger partial charge in [0.1, 0.15) is 0 Å². The van der Waals surface area contributed by atoms with Crippen LogP contribution in [0.2, 0.25) is 0 Å². The highest BCUT2D eigenvalue weighted by Gasteiger charge is 2.05. The van der Waals surface area contributed by atoms with E-state index in [9.17, 15) is 0 Å². The maximum atomic E-state index is 5.93. The summed E-state index contributed by atoms with van der Waals surface area (Å²) in [5.41, 5.74) is 1.16. The lowest BCUT2D eigenvalue weighted by Gasteiger charge is -2.11. The van der Waals surface area contributed by atoms with Gasteiger partial charge in [0.25, 0.3) is 0 Å². The molecule has 0 radical (unpaired) electrons. The Morgan fingerprint density at radius 2 is 1.94 bits per heavy atom. The summed E-state index contributed by atoms with van der Waals surface area (Å²) in [6.07, 6.45) is 9.58. The number of hydrogen-bond donors (Lipinski definition) is 0. The molecule has 0 aromatic rings. The summed E-state index contributed by atoms with van der Waals surface area (Å²) in [5.74, 6) is 0.687. The number of hydrogen-bond acceptors (Lipinski definition) is 0. The van der Waals surface area contributed by atoms with E-state index in [-0.39, 0.29) is 0 Å². The Kier molecular flexibility index (Phi) is 14.1. The zero-order valence-corrected chi connectivity index (χ0v) is 12.3. The van der Waals surface area contributed by atoms with Crippen LogP contribution < -0.4 is 0 Å². The van der Waals surface area contributed by atoms with Crippen molar-refractivity contribution in [3.8, 4) is 0 Å². The Labute approximate surface area is 107 Å². The Morgan fingerprint density at radius 3 is 2.31 bits per heavy atom.